The number of carbonyl (C=O) groups is 1. The van der Waals surface area contributed by atoms with Crippen molar-refractivity contribution in [2.24, 2.45) is 0 Å². The summed E-state index contributed by atoms with van der Waals surface area (Å²) in [4.78, 5) is 15.9. The number of sulfonamides is 1. The van der Waals surface area contributed by atoms with Gasteiger partial charge in [-0.3, -0.25) is 9.78 Å². The van der Waals surface area contributed by atoms with Crippen molar-refractivity contribution in [1.82, 2.24) is 9.71 Å². The monoisotopic (exact) mass is 278 g/mol. The SMILES string of the molecule is Cc1ccc(C(=O)NS(=O)(=O)C2=CCCC=C2)cn1. The molecule has 0 atom stereocenters. The summed E-state index contributed by atoms with van der Waals surface area (Å²) >= 11 is 0. The Hall–Kier alpha value is -1.95. The Kier molecular flexibility index (Phi) is 3.80. The summed E-state index contributed by atoms with van der Waals surface area (Å²) < 4.78 is 26.0. The van der Waals surface area contributed by atoms with E-state index in [0.717, 1.165) is 12.1 Å². The first kappa shape index (κ1) is 13.5. The van der Waals surface area contributed by atoms with Gasteiger partial charge in [0.1, 0.15) is 0 Å². The third kappa shape index (κ3) is 3.29. The third-order valence-corrected chi connectivity index (χ3v) is 4.05. The minimum atomic E-state index is -3.79. The Morgan fingerprint density at radius 1 is 1.32 bits per heavy atom. The van der Waals surface area contributed by atoms with Gasteiger partial charge >= 0.3 is 0 Å². The van der Waals surface area contributed by atoms with Gasteiger partial charge in [0.05, 0.1) is 10.5 Å². The topological polar surface area (TPSA) is 76.1 Å². The second-order valence-corrected chi connectivity index (χ2v) is 5.89. The first-order chi connectivity index (χ1) is 8.99. The van der Waals surface area contributed by atoms with Gasteiger partial charge in [0.15, 0.2) is 0 Å². The average molecular weight is 278 g/mol. The highest BCUT2D eigenvalue weighted by Crippen LogP contribution is 2.15. The van der Waals surface area contributed by atoms with Crippen LogP contribution in [0.1, 0.15) is 28.9 Å². The van der Waals surface area contributed by atoms with E-state index in [4.69, 9.17) is 0 Å². The molecule has 0 radical (unpaired) electrons. The number of allylic oxidation sites excluding steroid dienone is 3. The van der Waals surface area contributed by atoms with Crippen LogP contribution >= 0.6 is 0 Å². The van der Waals surface area contributed by atoms with Gasteiger partial charge in [-0.25, -0.2) is 13.1 Å². The van der Waals surface area contributed by atoms with Gasteiger partial charge in [-0.1, -0.05) is 12.2 Å². The molecule has 0 aromatic carbocycles. The first-order valence-electron chi connectivity index (χ1n) is 5.85. The van der Waals surface area contributed by atoms with E-state index in [1.54, 1.807) is 25.1 Å². The quantitative estimate of drug-likeness (QED) is 0.912. The van der Waals surface area contributed by atoms with Gasteiger partial charge in [-0.05, 0) is 38.0 Å². The molecule has 0 aliphatic heterocycles. The molecule has 0 spiro atoms. The van der Waals surface area contributed by atoms with Crippen LogP contribution in [0.15, 0.2) is 41.5 Å². The molecule has 1 aliphatic carbocycles. The Morgan fingerprint density at radius 3 is 2.68 bits per heavy atom. The summed E-state index contributed by atoms with van der Waals surface area (Å²) in [6.45, 7) is 1.79. The Morgan fingerprint density at radius 2 is 2.11 bits per heavy atom. The van der Waals surface area contributed by atoms with Crippen molar-refractivity contribution in [1.29, 1.82) is 0 Å². The van der Waals surface area contributed by atoms with Crippen LogP contribution in [0, 0.1) is 6.92 Å². The molecule has 1 aromatic rings. The van der Waals surface area contributed by atoms with Gasteiger partial charge in [0, 0.05) is 11.9 Å². The number of rotatable bonds is 3. The van der Waals surface area contributed by atoms with Gasteiger partial charge in [0.2, 0.25) is 0 Å². The molecule has 5 nitrogen and oxygen atoms in total. The fourth-order valence-electron chi connectivity index (χ4n) is 1.63. The molecule has 0 unspecified atom stereocenters. The fourth-order valence-corrected chi connectivity index (χ4v) is 2.72. The van der Waals surface area contributed by atoms with E-state index in [9.17, 15) is 13.2 Å². The van der Waals surface area contributed by atoms with Crippen LogP contribution in [0.3, 0.4) is 0 Å². The lowest BCUT2D eigenvalue weighted by atomic mass is 10.2. The highest BCUT2D eigenvalue weighted by atomic mass is 32.2. The lowest BCUT2D eigenvalue weighted by Crippen LogP contribution is -2.31. The maximum Gasteiger partial charge on any atom is 0.266 e. The van der Waals surface area contributed by atoms with Crippen molar-refractivity contribution >= 4 is 15.9 Å². The fraction of sp³-hybridized carbons (Fsp3) is 0.231. The van der Waals surface area contributed by atoms with Gasteiger partial charge < -0.3 is 0 Å². The summed E-state index contributed by atoms with van der Waals surface area (Å²) in [7, 11) is -3.79. The molecule has 1 N–H and O–H groups in total. The summed E-state index contributed by atoms with van der Waals surface area (Å²) in [5, 5.41) is 0. The highest BCUT2D eigenvalue weighted by Gasteiger charge is 2.20. The lowest BCUT2D eigenvalue weighted by Gasteiger charge is -2.09. The summed E-state index contributed by atoms with van der Waals surface area (Å²) in [5.41, 5.74) is 0.979. The van der Waals surface area contributed by atoms with E-state index in [2.05, 4.69) is 4.98 Å². The molecule has 0 saturated carbocycles. The van der Waals surface area contributed by atoms with Crippen LogP contribution in [0.2, 0.25) is 0 Å². The van der Waals surface area contributed by atoms with Crippen molar-refractivity contribution in [3.8, 4) is 0 Å². The van der Waals surface area contributed by atoms with E-state index in [1.165, 1.54) is 18.3 Å². The van der Waals surface area contributed by atoms with Crippen molar-refractivity contribution in [2.45, 2.75) is 19.8 Å². The second kappa shape index (κ2) is 5.36. The highest BCUT2D eigenvalue weighted by molar-refractivity contribution is 7.94. The van der Waals surface area contributed by atoms with Gasteiger partial charge in [-0.15, -0.1) is 0 Å². The predicted octanol–water partition coefficient (Wildman–Crippen LogP) is 1.68. The molecular weight excluding hydrogens is 264 g/mol. The maximum absolute atomic E-state index is 12.0. The molecule has 1 aliphatic rings. The van der Waals surface area contributed by atoms with E-state index in [0.29, 0.717) is 6.42 Å². The van der Waals surface area contributed by atoms with Gasteiger partial charge in [0.25, 0.3) is 15.9 Å². The standard InChI is InChI=1S/C13H14N2O3S/c1-10-7-8-11(9-14-10)13(16)15-19(17,18)12-5-3-2-4-6-12/h3,5-9H,2,4H2,1H3,(H,15,16). The number of amides is 1. The number of nitrogens with one attached hydrogen (secondary N) is 1. The smallest absolute Gasteiger partial charge is 0.266 e. The van der Waals surface area contributed by atoms with Crippen molar-refractivity contribution < 1.29 is 13.2 Å². The van der Waals surface area contributed by atoms with Crippen LogP contribution in [-0.2, 0) is 10.0 Å². The van der Waals surface area contributed by atoms with Crippen molar-refractivity contribution in [3.63, 3.8) is 0 Å². The maximum atomic E-state index is 12.0. The minimum absolute atomic E-state index is 0.132. The molecule has 2 rings (SSSR count). The number of pyridine rings is 1. The number of aryl methyl sites for hydroxylation is 1. The molecule has 0 saturated heterocycles. The number of hydrogen-bond donors (Lipinski definition) is 1. The van der Waals surface area contributed by atoms with E-state index < -0.39 is 15.9 Å². The largest absolute Gasteiger partial charge is 0.268 e. The molecule has 100 valence electrons. The summed E-state index contributed by atoms with van der Waals surface area (Å²) in [6.07, 6.45) is 7.70. The lowest BCUT2D eigenvalue weighted by molar-refractivity contribution is 0.0981. The number of carbonyl (C=O) groups excluding carboxylic acids is 1. The van der Waals surface area contributed by atoms with E-state index in [1.807, 2.05) is 4.72 Å². The number of hydrogen-bond acceptors (Lipinski definition) is 4. The molecule has 0 fully saturated rings. The number of aromatic nitrogens is 1. The molecular formula is C13H14N2O3S. The predicted molar refractivity (Wildman–Crippen MR) is 71.8 cm³/mol. The molecule has 1 amide bonds. The third-order valence-electron chi connectivity index (χ3n) is 2.67. The van der Waals surface area contributed by atoms with Crippen LogP contribution in [0.5, 0.6) is 0 Å². The molecule has 1 heterocycles. The van der Waals surface area contributed by atoms with E-state index in [-0.39, 0.29) is 10.5 Å². The Balaban J connectivity index is 2.16. The second-order valence-electron chi connectivity index (χ2n) is 4.21. The Labute approximate surface area is 112 Å². The van der Waals surface area contributed by atoms with Gasteiger partial charge in [-0.2, -0.15) is 0 Å². The molecule has 0 bridgehead atoms. The van der Waals surface area contributed by atoms with Crippen molar-refractivity contribution in [3.05, 3.63) is 52.7 Å². The first-order valence-corrected chi connectivity index (χ1v) is 7.34. The van der Waals surface area contributed by atoms with Crippen molar-refractivity contribution in [2.75, 3.05) is 0 Å². The Bertz CT molecular complexity index is 643. The molecule has 19 heavy (non-hydrogen) atoms. The van der Waals surface area contributed by atoms with E-state index >= 15 is 0 Å². The van der Waals surface area contributed by atoms with Crippen LogP contribution in [0.25, 0.3) is 0 Å². The zero-order valence-corrected chi connectivity index (χ0v) is 11.3. The molecule has 1 aromatic heterocycles. The zero-order valence-electron chi connectivity index (χ0n) is 10.5. The average Bonchev–Trinajstić information content (AvgIpc) is 2.40. The molecule has 6 heteroatoms. The van der Waals surface area contributed by atoms with Crippen LogP contribution in [0.4, 0.5) is 0 Å². The van der Waals surface area contributed by atoms with Crippen LogP contribution in [-0.4, -0.2) is 19.3 Å². The minimum Gasteiger partial charge on any atom is -0.268 e. The summed E-state index contributed by atoms with van der Waals surface area (Å²) in [5.74, 6) is -0.674. The summed E-state index contributed by atoms with van der Waals surface area (Å²) in [6, 6.07) is 3.19. The normalized spacial score (nSPS) is 14.9. The zero-order chi connectivity index (χ0) is 13.9. The number of nitrogens with zero attached hydrogens (tertiary/aromatic N) is 1. The van der Waals surface area contributed by atoms with Crippen LogP contribution < -0.4 is 4.72 Å².